The number of rotatable bonds is 2. The maximum absolute atomic E-state index is 13.0. The van der Waals surface area contributed by atoms with Crippen LogP contribution in [0.4, 0.5) is 13.2 Å². The first kappa shape index (κ1) is 12.9. The van der Waals surface area contributed by atoms with E-state index in [9.17, 15) is 18.0 Å². The molecule has 1 aromatic heterocycles. The molecule has 1 aromatic carbocycles. The Bertz CT molecular complexity index is 702. The van der Waals surface area contributed by atoms with Crippen molar-refractivity contribution in [2.24, 2.45) is 0 Å². The SMILES string of the molecule is O=c1nc(-c2ccccc2C(F)(F)F)cc(C2CC2)[nH]1. The Morgan fingerprint density at radius 3 is 2.55 bits per heavy atom. The molecule has 1 heterocycles. The Hall–Kier alpha value is -2.11. The van der Waals surface area contributed by atoms with Gasteiger partial charge in [0.25, 0.3) is 0 Å². The largest absolute Gasteiger partial charge is 0.417 e. The lowest BCUT2D eigenvalue weighted by Crippen LogP contribution is -2.15. The Morgan fingerprint density at radius 1 is 1.20 bits per heavy atom. The fourth-order valence-corrected chi connectivity index (χ4v) is 2.18. The van der Waals surface area contributed by atoms with Crippen molar-refractivity contribution >= 4 is 0 Å². The molecule has 0 radical (unpaired) electrons. The van der Waals surface area contributed by atoms with Gasteiger partial charge in [-0.25, -0.2) is 4.79 Å². The van der Waals surface area contributed by atoms with Gasteiger partial charge in [-0.1, -0.05) is 18.2 Å². The number of aromatic amines is 1. The van der Waals surface area contributed by atoms with E-state index in [0.717, 1.165) is 18.9 Å². The first-order valence-electron chi connectivity index (χ1n) is 6.23. The highest BCUT2D eigenvalue weighted by Crippen LogP contribution is 2.40. The number of benzene rings is 1. The normalized spacial score (nSPS) is 15.3. The van der Waals surface area contributed by atoms with Crippen molar-refractivity contribution in [3.05, 3.63) is 52.1 Å². The Kier molecular flexibility index (Phi) is 2.88. The third kappa shape index (κ3) is 2.45. The molecule has 0 amide bonds. The average molecular weight is 280 g/mol. The predicted molar refractivity (Wildman–Crippen MR) is 67.3 cm³/mol. The van der Waals surface area contributed by atoms with Crippen LogP contribution in [0.1, 0.15) is 30.0 Å². The van der Waals surface area contributed by atoms with Crippen LogP contribution in [0.15, 0.2) is 35.1 Å². The summed E-state index contributed by atoms with van der Waals surface area (Å²) in [5.41, 5.74) is -0.713. The number of halogens is 3. The predicted octanol–water partition coefficient (Wildman–Crippen LogP) is 3.33. The number of nitrogens with zero attached hydrogens (tertiary/aromatic N) is 1. The molecule has 3 nitrogen and oxygen atoms in total. The van der Waals surface area contributed by atoms with Gasteiger partial charge in [0.1, 0.15) is 0 Å². The summed E-state index contributed by atoms with van der Waals surface area (Å²) < 4.78 is 39.0. The molecule has 3 rings (SSSR count). The second-order valence-corrected chi connectivity index (χ2v) is 4.84. The lowest BCUT2D eigenvalue weighted by Gasteiger charge is -2.12. The monoisotopic (exact) mass is 280 g/mol. The fourth-order valence-electron chi connectivity index (χ4n) is 2.18. The number of H-pyrrole nitrogens is 1. The van der Waals surface area contributed by atoms with Crippen LogP contribution in [0, 0.1) is 0 Å². The second-order valence-electron chi connectivity index (χ2n) is 4.84. The quantitative estimate of drug-likeness (QED) is 0.917. The summed E-state index contributed by atoms with van der Waals surface area (Å²) in [6.07, 6.45) is -2.58. The number of hydrogen-bond donors (Lipinski definition) is 1. The van der Waals surface area contributed by atoms with Gasteiger partial charge in [0, 0.05) is 11.3 Å². The van der Waals surface area contributed by atoms with Crippen molar-refractivity contribution in [1.82, 2.24) is 9.97 Å². The third-order valence-electron chi connectivity index (χ3n) is 3.29. The summed E-state index contributed by atoms with van der Waals surface area (Å²) in [4.78, 5) is 17.8. The zero-order valence-corrected chi connectivity index (χ0v) is 10.4. The van der Waals surface area contributed by atoms with E-state index in [1.165, 1.54) is 18.2 Å². The minimum atomic E-state index is -4.47. The van der Waals surface area contributed by atoms with Crippen LogP contribution < -0.4 is 5.69 Å². The van der Waals surface area contributed by atoms with E-state index in [1.807, 2.05) is 0 Å². The summed E-state index contributed by atoms with van der Waals surface area (Å²) in [6.45, 7) is 0. The second kappa shape index (κ2) is 4.47. The van der Waals surface area contributed by atoms with Gasteiger partial charge in [-0.15, -0.1) is 0 Å². The molecule has 0 spiro atoms. The number of hydrogen-bond acceptors (Lipinski definition) is 2. The van der Waals surface area contributed by atoms with Crippen LogP contribution in [0.5, 0.6) is 0 Å². The Balaban J connectivity index is 2.16. The van der Waals surface area contributed by atoms with Gasteiger partial charge in [-0.05, 0) is 30.9 Å². The zero-order chi connectivity index (χ0) is 14.3. The summed E-state index contributed by atoms with van der Waals surface area (Å²) in [6, 6.07) is 6.70. The summed E-state index contributed by atoms with van der Waals surface area (Å²) in [5, 5.41) is 0. The van der Waals surface area contributed by atoms with Gasteiger partial charge in [-0.2, -0.15) is 18.2 Å². The van der Waals surface area contributed by atoms with Gasteiger partial charge >= 0.3 is 11.9 Å². The molecule has 0 unspecified atom stereocenters. The molecule has 0 bridgehead atoms. The van der Waals surface area contributed by atoms with E-state index in [-0.39, 0.29) is 17.2 Å². The average Bonchev–Trinajstić information content (AvgIpc) is 3.21. The van der Waals surface area contributed by atoms with Crippen LogP contribution in [-0.4, -0.2) is 9.97 Å². The van der Waals surface area contributed by atoms with Crippen LogP contribution in [-0.2, 0) is 6.18 Å². The van der Waals surface area contributed by atoms with E-state index in [1.54, 1.807) is 6.07 Å². The third-order valence-corrected chi connectivity index (χ3v) is 3.29. The minimum absolute atomic E-state index is 0.0620. The molecule has 2 aromatic rings. The molecule has 1 aliphatic carbocycles. The fraction of sp³-hybridized carbons (Fsp3) is 0.286. The maximum atomic E-state index is 13.0. The summed E-state index contributed by atoms with van der Waals surface area (Å²) in [5.74, 6) is 0.238. The van der Waals surface area contributed by atoms with Crippen molar-refractivity contribution in [1.29, 1.82) is 0 Å². The van der Waals surface area contributed by atoms with Crippen molar-refractivity contribution < 1.29 is 13.2 Å². The zero-order valence-electron chi connectivity index (χ0n) is 10.4. The highest BCUT2D eigenvalue weighted by Gasteiger charge is 2.34. The molecule has 1 N–H and O–H groups in total. The molecule has 0 atom stereocenters. The molecule has 0 saturated heterocycles. The smallest absolute Gasteiger partial charge is 0.309 e. The first-order chi connectivity index (χ1) is 9.45. The molecule has 104 valence electrons. The molecular weight excluding hydrogens is 269 g/mol. The maximum Gasteiger partial charge on any atom is 0.417 e. The van der Waals surface area contributed by atoms with Crippen molar-refractivity contribution in [3.63, 3.8) is 0 Å². The Labute approximate surface area is 112 Å². The summed E-state index contributed by atoms with van der Waals surface area (Å²) in [7, 11) is 0. The van der Waals surface area contributed by atoms with E-state index in [4.69, 9.17) is 0 Å². The lowest BCUT2D eigenvalue weighted by molar-refractivity contribution is -0.137. The van der Waals surface area contributed by atoms with Crippen LogP contribution in [0.2, 0.25) is 0 Å². The van der Waals surface area contributed by atoms with E-state index < -0.39 is 17.4 Å². The highest BCUT2D eigenvalue weighted by molar-refractivity contribution is 5.64. The van der Waals surface area contributed by atoms with Crippen LogP contribution >= 0.6 is 0 Å². The van der Waals surface area contributed by atoms with E-state index >= 15 is 0 Å². The van der Waals surface area contributed by atoms with Crippen molar-refractivity contribution in [3.8, 4) is 11.3 Å². The van der Waals surface area contributed by atoms with Gasteiger partial charge < -0.3 is 4.98 Å². The minimum Gasteiger partial charge on any atom is -0.309 e. The van der Waals surface area contributed by atoms with Crippen molar-refractivity contribution in [2.75, 3.05) is 0 Å². The topological polar surface area (TPSA) is 45.8 Å². The standard InChI is InChI=1S/C14H11F3N2O/c15-14(16,17)10-4-2-1-3-9(10)12-7-11(8-5-6-8)18-13(20)19-12/h1-4,7-8H,5-6H2,(H,18,19,20). The number of alkyl halides is 3. The summed E-state index contributed by atoms with van der Waals surface area (Å²) >= 11 is 0. The number of aromatic nitrogens is 2. The van der Waals surface area contributed by atoms with Gasteiger partial charge in [-0.3, -0.25) is 0 Å². The molecule has 1 aliphatic rings. The van der Waals surface area contributed by atoms with Gasteiger partial charge in [0.2, 0.25) is 0 Å². The van der Waals surface area contributed by atoms with E-state index in [2.05, 4.69) is 9.97 Å². The van der Waals surface area contributed by atoms with Gasteiger partial charge in [0.05, 0.1) is 11.3 Å². The Morgan fingerprint density at radius 2 is 1.90 bits per heavy atom. The van der Waals surface area contributed by atoms with E-state index in [0.29, 0.717) is 5.69 Å². The van der Waals surface area contributed by atoms with Gasteiger partial charge in [0.15, 0.2) is 0 Å². The lowest BCUT2D eigenvalue weighted by atomic mass is 10.0. The molecule has 20 heavy (non-hydrogen) atoms. The highest BCUT2D eigenvalue weighted by atomic mass is 19.4. The van der Waals surface area contributed by atoms with Crippen LogP contribution in [0.25, 0.3) is 11.3 Å². The number of nitrogens with one attached hydrogen (secondary N) is 1. The van der Waals surface area contributed by atoms with Crippen molar-refractivity contribution in [2.45, 2.75) is 24.9 Å². The van der Waals surface area contributed by atoms with Crippen LogP contribution in [0.3, 0.4) is 0 Å². The molecule has 0 aliphatic heterocycles. The molecular formula is C14H11F3N2O. The molecule has 1 saturated carbocycles. The molecule has 1 fully saturated rings. The first-order valence-corrected chi connectivity index (χ1v) is 6.23. The molecule has 6 heteroatoms.